The summed E-state index contributed by atoms with van der Waals surface area (Å²) in [6.45, 7) is 1.69. The molecular formula is C24H17ClN2O4. The number of halogens is 1. The van der Waals surface area contributed by atoms with Crippen molar-refractivity contribution in [2.75, 3.05) is 5.32 Å². The molecule has 0 bridgehead atoms. The van der Waals surface area contributed by atoms with Gasteiger partial charge in [0.1, 0.15) is 5.76 Å². The van der Waals surface area contributed by atoms with Gasteiger partial charge in [-0.15, -0.1) is 0 Å². The minimum Gasteiger partial charge on any atom is -0.455 e. The Bertz CT molecular complexity index is 1390. The molecular weight excluding hydrogens is 416 g/mol. The molecule has 31 heavy (non-hydrogen) atoms. The van der Waals surface area contributed by atoms with Crippen LogP contribution in [0.4, 0.5) is 5.69 Å². The van der Waals surface area contributed by atoms with Crippen molar-refractivity contribution < 1.29 is 14.0 Å². The molecule has 0 saturated carbocycles. The Labute approximate surface area is 182 Å². The average molecular weight is 433 g/mol. The number of nitrogens with one attached hydrogen (secondary N) is 1. The number of hydrogen-bond donors (Lipinski definition) is 2. The number of anilines is 1. The summed E-state index contributed by atoms with van der Waals surface area (Å²) in [7, 11) is 0. The summed E-state index contributed by atoms with van der Waals surface area (Å²) in [6, 6.07) is 18.4. The summed E-state index contributed by atoms with van der Waals surface area (Å²) in [6.07, 6.45) is 0. The van der Waals surface area contributed by atoms with E-state index in [4.69, 9.17) is 21.8 Å². The Kier molecular flexibility index (Phi) is 5.31. The van der Waals surface area contributed by atoms with Gasteiger partial charge in [0.25, 0.3) is 5.91 Å². The van der Waals surface area contributed by atoms with E-state index in [1.165, 1.54) is 12.1 Å². The van der Waals surface area contributed by atoms with Gasteiger partial charge in [-0.2, -0.15) is 0 Å². The zero-order valence-corrected chi connectivity index (χ0v) is 17.2. The third kappa shape index (κ3) is 3.81. The molecule has 0 aliphatic rings. The predicted molar refractivity (Wildman–Crippen MR) is 121 cm³/mol. The van der Waals surface area contributed by atoms with Crippen molar-refractivity contribution in [3.63, 3.8) is 0 Å². The number of benzene rings is 3. The number of primary amides is 1. The van der Waals surface area contributed by atoms with Crippen molar-refractivity contribution in [3.8, 4) is 11.3 Å². The van der Waals surface area contributed by atoms with E-state index in [1.54, 1.807) is 31.2 Å². The van der Waals surface area contributed by atoms with Crippen LogP contribution in [0, 0.1) is 6.92 Å². The SMILES string of the molecule is Cc1c(-c2ccccc2)oc2c(C(=O)Nc3ccc(Cl)c(C(N)=O)c3)cccc2c1=O. The molecule has 0 atom stereocenters. The van der Waals surface area contributed by atoms with Gasteiger partial charge >= 0.3 is 0 Å². The highest BCUT2D eigenvalue weighted by molar-refractivity contribution is 6.34. The molecule has 0 aliphatic heterocycles. The van der Waals surface area contributed by atoms with Crippen LogP contribution in [0.5, 0.6) is 0 Å². The summed E-state index contributed by atoms with van der Waals surface area (Å²) in [5.41, 5.74) is 7.08. The van der Waals surface area contributed by atoms with Crippen LogP contribution in [-0.2, 0) is 0 Å². The van der Waals surface area contributed by atoms with Crippen LogP contribution in [0.3, 0.4) is 0 Å². The maximum absolute atomic E-state index is 13.0. The van der Waals surface area contributed by atoms with Gasteiger partial charge in [-0.3, -0.25) is 14.4 Å². The Morgan fingerprint density at radius 2 is 1.71 bits per heavy atom. The molecule has 2 amide bonds. The smallest absolute Gasteiger partial charge is 0.259 e. The number of rotatable bonds is 4. The molecule has 0 spiro atoms. The molecule has 154 valence electrons. The molecule has 4 aromatic rings. The van der Waals surface area contributed by atoms with Gasteiger partial charge in [0, 0.05) is 16.8 Å². The van der Waals surface area contributed by atoms with Gasteiger partial charge in [0.05, 0.1) is 21.5 Å². The number of carbonyl (C=O) groups is 2. The molecule has 0 radical (unpaired) electrons. The van der Waals surface area contributed by atoms with E-state index in [-0.39, 0.29) is 27.2 Å². The second-order valence-corrected chi connectivity index (χ2v) is 7.35. The van der Waals surface area contributed by atoms with Crippen molar-refractivity contribution in [3.05, 3.63) is 98.7 Å². The lowest BCUT2D eigenvalue weighted by Gasteiger charge is -2.11. The summed E-state index contributed by atoms with van der Waals surface area (Å²) in [4.78, 5) is 37.5. The lowest BCUT2D eigenvalue weighted by Crippen LogP contribution is -2.16. The highest BCUT2D eigenvalue weighted by Crippen LogP contribution is 2.28. The van der Waals surface area contributed by atoms with Crippen LogP contribution < -0.4 is 16.5 Å². The molecule has 1 aromatic heterocycles. The molecule has 1 heterocycles. The predicted octanol–water partition coefficient (Wildman–Crippen LogP) is 4.77. The van der Waals surface area contributed by atoms with E-state index in [0.717, 1.165) is 5.56 Å². The second-order valence-electron chi connectivity index (χ2n) is 6.95. The van der Waals surface area contributed by atoms with E-state index in [0.29, 0.717) is 22.4 Å². The van der Waals surface area contributed by atoms with Crippen molar-refractivity contribution in [1.29, 1.82) is 0 Å². The van der Waals surface area contributed by atoms with E-state index < -0.39 is 11.8 Å². The highest BCUT2D eigenvalue weighted by Gasteiger charge is 2.19. The molecule has 0 saturated heterocycles. The van der Waals surface area contributed by atoms with Crippen molar-refractivity contribution >= 4 is 40.1 Å². The van der Waals surface area contributed by atoms with Crippen molar-refractivity contribution in [2.24, 2.45) is 5.73 Å². The normalized spacial score (nSPS) is 10.8. The van der Waals surface area contributed by atoms with E-state index >= 15 is 0 Å². The third-order valence-electron chi connectivity index (χ3n) is 4.92. The average Bonchev–Trinajstić information content (AvgIpc) is 2.77. The minimum atomic E-state index is -0.708. The molecule has 0 aliphatic carbocycles. The Morgan fingerprint density at radius 3 is 2.42 bits per heavy atom. The fourth-order valence-electron chi connectivity index (χ4n) is 3.34. The van der Waals surface area contributed by atoms with E-state index in [1.807, 2.05) is 30.3 Å². The topological polar surface area (TPSA) is 102 Å². The number of nitrogens with two attached hydrogens (primary N) is 1. The zero-order valence-electron chi connectivity index (χ0n) is 16.4. The van der Waals surface area contributed by atoms with Gasteiger partial charge in [0.2, 0.25) is 5.91 Å². The molecule has 0 unspecified atom stereocenters. The Balaban J connectivity index is 1.82. The first-order chi connectivity index (χ1) is 14.9. The number of hydrogen-bond acceptors (Lipinski definition) is 4. The Morgan fingerprint density at radius 1 is 0.968 bits per heavy atom. The van der Waals surface area contributed by atoms with Gasteiger partial charge in [-0.05, 0) is 37.3 Å². The highest BCUT2D eigenvalue weighted by atomic mass is 35.5. The van der Waals surface area contributed by atoms with Crippen molar-refractivity contribution in [1.82, 2.24) is 0 Å². The number of para-hydroxylation sites is 1. The van der Waals surface area contributed by atoms with E-state index in [9.17, 15) is 14.4 Å². The standard InChI is InChI=1S/C24H17ClN2O4/c1-13-20(28)16-8-5-9-17(22(16)31-21(13)14-6-3-2-4-7-14)24(30)27-15-10-11-19(25)18(12-15)23(26)29/h2-12H,1H3,(H2,26,29)(H,27,30). The summed E-state index contributed by atoms with van der Waals surface area (Å²) in [5, 5.41) is 3.19. The van der Waals surface area contributed by atoms with E-state index in [2.05, 4.69) is 5.32 Å². The lowest BCUT2D eigenvalue weighted by molar-refractivity contribution is 0.0996. The molecule has 0 fully saturated rings. The number of carbonyl (C=O) groups excluding carboxylic acids is 2. The van der Waals surface area contributed by atoms with Crippen LogP contribution in [0.1, 0.15) is 26.3 Å². The summed E-state index contributed by atoms with van der Waals surface area (Å²) >= 11 is 5.97. The minimum absolute atomic E-state index is 0.0888. The van der Waals surface area contributed by atoms with Crippen LogP contribution in [0.25, 0.3) is 22.3 Å². The van der Waals surface area contributed by atoms with Crippen molar-refractivity contribution in [2.45, 2.75) is 6.92 Å². The largest absolute Gasteiger partial charge is 0.455 e. The fourth-order valence-corrected chi connectivity index (χ4v) is 3.55. The molecule has 7 heteroatoms. The maximum atomic E-state index is 13.0. The first kappa shape index (κ1) is 20.4. The summed E-state index contributed by atoms with van der Waals surface area (Å²) in [5.74, 6) is -0.810. The van der Waals surface area contributed by atoms with Gasteiger partial charge < -0.3 is 15.5 Å². The first-order valence-electron chi connectivity index (χ1n) is 9.39. The lowest BCUT2D eigenvalue weighted by atomic mass is 10.0. The van der Waals surface area contributed by atoms with Crippen LogP contribution in [-0.4, -0.2) is 11.8 Å². The maximum Gasteiger partial charge on any atom is 0.259 e. The molecule has 3 aromatic carbocycles. The molecule has 6 nitrogen and oxygen atoms in total. The molecule has 3 N–H and O–H groups in total. The zero-order chi connectivity index (χ0) is 22.1. The van der Waals surface area contributed by atoms with Crippen LogP contribution >= 0.6 is 11.6 Å². The number of amides is 2. The first-order valence-corrected chi connectivity index (χ1v) is 9.77. The quantitative estimate of drug-likeness (QED) is 0.484. The second kappa shape index (κ2) is 8.08. The fraction of sp³-hybridized carbons (Fsp3) is 0.0417. The van der Waals surface area contributed by atoms with Gasteiger partial charge in [-0.25, -0.2) is 0 Å². The summed E-state index contributed by atoms with van der Waals surface area (Å²) < 4.78 is 6.07. The molecule has 4 rings (SSSR count). The third-order valence-corrected chi connectivity index (χ3v) is 5.24. The Hall–Kier alpha value is -3.90. The van der Waals surface area contributed by atoms with Crippen LogP contribution in [0.2, 0.25) is 5.02 Å². The monoisotopic (exact) mass is 432 g/mol. The number of fused-ring (bicyclic) bond motifs is 1. The van der Waals surface area contributed by atoms with Crippen LogP contribution in [0.15, 0.2) is 75.9 Å². The van der Waals surface area contributed by atoms with Gasteiger partial charge in [0.15, 0.2) is 11.0 Å². The van der Waals surface area contributed by atoms with Gasteiger partial charge in [-0.1, -0.05) is 48.0 Å².